The maximum atomic E-state index is 12.2. The molecule has 1 saturated heterocycles. The zero-order valence-electron chi connectivity index (χ0n) is 11.9. The average Bonchev–Trinajstić information content (AvgIpc) is 2.96. The summed E-state index contributed by atoms with van der Waals surface area (Å²) in [6.07, 6.45) is 2.46. The van der Waals surface area contributed by atoms with Crippen LogP contribution in [0, 0.1) is 0 Å². The van der Waals surface area contributed by atoms with E-state index < -0.39 is 0 Å². The number of hydrogen-bond acceptors (Lipinski definition) is 4. The van der Waals surface area contributed by atoms with Crippen molar-refractivity contribution in [2.45, 2.75) is 18.9 Å². The van der Waals surface area contributed by atoms with Crippen LogP contribution in [0.25, 0.3) is 10.1 Å². The molecular weight excluding hydrogens is 284 g/mol. The Labute approximate surface area is 128 Å². The average molecular weight is 304 g/mol. The topological polar surface area (TPSA) is 50.4 Å². The Balaban J connectivity index is 1.48. The van der Waals surface area contributed by atoms with Crippen LogP contribution >= 0.6 is 11.3 Å². The lowest BCUT2D eigenvalue weighted by atomic mass is 10.1. The molecule has 0 radical (unpaired) electrons. The highest BCUT2D eigenvalue weighted by atomic mass is 32.1. The summed E-state index contributed by atoms with van der Waals surface area (Å²) in [6.45, 7) is 3.20. The van der Waals surface area contributed by atoms with Gasteiger partial charge in [-0.05, 0) is 32.0 Å². The Hall–Kier alpha value is -1.43. The van der Waals surface area contributed by atoms with E-state index in [9.17, 15) is 4.79 Å². The first kappa shape index (κ1) is 14.5. The van der Waals surface area contributed by atoms with Crippen LogP contribution in [0.4, 0.5) is 0 Å². The predicted molar refractivity (Wildman–Crippen MR) is 86.0 cm³/mol. The molecule has 0 unspecified atom stereocenters. The molecule has 2 heterocycles. The first-order valence-corrected chi connectivity index (χ1v) is 8.29. The lowest BCUT2D eigenvalue weighted by molar-refractivity contribution is 0.0343. The molecule has 1 amide bonds. The van der Waals surface area contributed by atoms with Crippen LogP contribution in [0.3, 0.4) is 0 Å². The van der Waals surface area contributed by atoms with Gasteiger partial charge in [0.1, 0.15) is 0 Å². The molecule has 1 aliphatic heterocycles. The standard InChI is InChI=1S/C16H20N2O2S/c19-16(14-11-21-15-4-2-1-3-13(14)15)18-9-10-20-12-5-7-17-8-6-12/h1-4,11-12,17H,5-10H2,(H,18,19). The number of rotatable bonds is 5. The zero-order chi connectivity index (χ0) is 14.5. The van der Waals surface area contributed by atoms with E-state index in [4.69, 9.17) is 4.74 Å². The monoisotopic (exact) mass is 304 g/mol. The molecule has 5 heteroatoms. The molecule has 0 aliphatic carbocycles. The quantitative estimate of drug-likeness (QED) is 0.834. The second kappa shape index (κ2) is 7.02. The molecule has 2 N–H and O–H groups in total. The van der Waals surface area contributed by atoms with Crippen molar-refractivity contribution in [3.8, 4) is 0 Å². The summed E-state index contributed by atoms with van der Waals surface area (Å²) in [5.74, 6) is -0.0126. The van der Waals surface area contributed by atoms with Gasteiger partial charge in [0.2, 0.25) is 0 Å². The number of ether oxygens (including phenoxy) is 1. The number of fused-ring (bicyclic) bond motifs is 1. The Kier molecular flexibility index (Phi) is 4.85. The minimum absolute atomic E-state index is 0.0126. The highest BCUT2D eigenvalue weighted by Crippen LogP contribution is 2.25. The van der Waals surface area contributed by atoms with Crippen molar-refractivity contribution in [1.29, 1.82) is 0 Å². The molecule has 21 heavy (non-hydrogen) atoms. The molecule has 0 saturated carbocycles. The van der Waals surface area contributed by atoms with E-state index in [1.807, 2.05) is 29.6 Å². The first-order valence-electron chi connectivity index (χ1n) is 7.41. The van der Waals surface area contributed by atoms with Gasteiger partial charge in [0.15, 0.2) is 0 Å². The summed E-state index contributed by atoms with van der Waals surface area (Å²) in [4.78, 5) is 12.2. The smallest absolute Gasteiger partial charge is 0.252 e. The highest BCUT2D eigenvalue weighted by molar-refractivity contribution is 7.17. The van der Waals surface area contributed by atoms with Crippen molar-refractivity contribution >= 4 is 27.3 Å². The second-order valence-electron chi connectivity index (χ2n) is 5.22. The fraction of sp³-hybridized carbons (Fsp3) is 0.438. The van der Waals surface area contributed by atoms with Gasteiger partial charge in [-0.2, -0.15) is 0 Å². The summed E-state index contributed by atoms with van der Waals surface area (Å²) in [6, 6.07) is 7.99. The number of nitrogens with one attached hydrogen (secondary N) is 2. The summed E-state index contributed by atoms with van der Waals surface area (Å²) in [5, 5.41) is 9.21. The van der Waals surface area contributed by atoms with E-state index in [0.29, 0.717) is 19.3 Å². The number of benzene rings is 1. The Morgan fingerprint density at radius 3 is 3.00 bits per heavy atom. The fourth-order valence-corrected chi connectivity index (χ4v) is 3.54. The number of thiophene rings is 1. The molecular formula is C16H20N2O2S. The van der Waals surface area contributed by atoms with Gasteiger partial charge in [-0.1, -0.05) is 18.2 Å². The number of amides is 1. The van der Waals surface area contributed by atoms with Gasteiger partial charge in [0.05, 0.1) is 18.3 Å². The van der Waals surface area contributed by atoms with E-state index in [0.717, 1.165) is 41.6 Å². The van der Waals surface area contributed by atoms with Crippen LogP contribution in [0.5, 0.6) is 0 Å². The second-order valence-corrected chi connectivity index (χ2v) is 6.13. The molecule has 3 rings (SSSR count). The predicted octanol–water partition coefficient (Wildman–Crippen LogP) is 2.40. The van der Waals surface area contributed by atoms with Crippen molar-refractivity contribution in [2.24, 2.45) is 0 Å². The van der Waals surface area contributed by atoms with Crippen molar-refractivity contribution < 1.29 is 9.53 Å². The molecule has 1 aliphatic rings. The number of piperidine rings is 1. The van der Waals surface area contributed by atoms with Crippen molar-refractivity contribution in [2.75, 3.05) is 26.2 Å². The van der Waals surface area contributed by atoms with Crippen molar-refractivity contribution in [3.05, 3.63) is 35.2 Å². The van der Waals surface area contributed by atoms with E-state index in [1.54, 1.807) is 11.3 Å². The number of carbonyl (C=O) groups is 1. The molecule has 0 atom stereocenters. The van der Waals surface area contributed by atoms with Gasteiger partial charge in [-0.25, -0.2) is 0 Å². The summed E-state index contributed by atoms with van der Waals surface area (Å²) >= 11 is 1.61. The molecule has 1 aromatic carbocycles. The normalized spacial score (nSPS) is 16.2. The van der Waals surface area contributed by atoms with Gasteiger partial charge >= 0.3 is 0 Å². The SMILES string of the molecule is O=C(NCCOC1CCNCC1)c1csc2ccccc12. The van der Waals surface area contributed by atoms with Gasteiger partial charge < -0.3 is 15.4 Å². The van der Waals surface area contributed by atoms with Crippen LogP contribution in [-0.4, -0.2) is 38.3 Å². The van der Waals surface area contributed by atoms with Crippen LogP contribution in [0.1, 0.15) is 23.2 Å². The zero-order valence-corrected chi connectivity index (χ0v) is 12.7. The molecule has 1 fully saturated rings. The van der Waals surface area contributed by atoms with E-state index in [1.165, 1.54) is 0 Å². The lowest BCUT2D eigenvalue weighted by Crippen LogP contribution is -2.34. The summed E-state index contributed by atoms with van der Waals surface area (Å²) in [5.41, 5.74) is 0.762. The third-order valence-electron chi connectivity index (χ3n) is 3.75. The van der Waals surface area contributed by atoms with Crippen molar-refractivity contribution in [1.82, 2.24) is 10.6 Å². The van der Waals surface area contributed by atoms with Crippen LogP contribution in [0.15, 0.2) is 29.6 Å². The van der Waals surface area contributed by atoms with Gasteiger partial charge in [-0.15, -0.1) is 11.3 Å². The maximum absolute atomic E-state index is 12.2. The largest absolute Gasteiger partial charge is 0.376 e. The third kappa shape index (κ3) is 3.61. The molecule has 0 spiro atoms. The minimum atomic E-state index is -0.0126. The Morgan fingerprint density at radius 1 is 1.33 bits per heavy atom. The maximum Gasteiger partial charge on any atom is 0.252 e. The Bertz CT molecular complexity index is 605. The minimum Gasteiger partial charge on any atom is -0.376 e. The lowest BCUT2D eigenvalue weighted by Gasteiger charge is -2.22. The molecule has 4 nitrogen and oxygen atoms in total. The first-order chi connectivity index (χ1) is 10.3. The summed E-state index contributed by atoms with van der Waals surface area (Å²) in [7, 11) is 0. The Morgan fingerprint density at radius 2 is 2.14 bits per heavy atom. The van der Waals surface area contributed by atoms with Crippen molar-refractivity contribution in [3.63, 3.8) is 0 Å². The van der Waals surface area contributed by atoms with E-state index in [2.05, 4.69) is 10.6 Å². The van der Waals surface area contributed by atoms with Crippen LogP contribution < -0.4 is 10.6 Å². The molecule has 1 aromatic heterocycles. The van der Waals surface area contributed by atoms with Gasteiger partial charge in [0.25, 0.3) is 5.91 Å². The van der Waals surface area contributed by atoms with E-state index >= 15 is 0 Å². The van der Waals surface area contributed by atoms with E-state index in [-0.39, 0.29) is 5.91 Å². The molecule has 0 bridgehead atoms. The van der Waals surface area contributed by atoms with Gasteiger partial charge in [-0.3, -0.25) is 4.79 Å². The highest BCUT2D eigenvalue weighted by Gasteiger charge is 2.14. The van der Waals surface area contributed by atoms with Crippen LogP contribution in [-0.2, 0) is 4.74 Å². The number of hydrogen-bond donors (Lipinski definition) is 2. The van der Waals surface area contributed by atoms with Gasteiger partial charge in [0, 0.05) is 22.0 Å². The molecule has 112 valence electrons. The third-order valence-corrected chi connectivity index (χ3v) is 4.72. The fourth-order valence-electron chi connectivity index (χ4n) is 2.60. The number of carbonyl (C=O) groups excluding carboxylic acids is 1. The molecule has 2 aromatic rings. The van der Waals surface area contributed by atoms with Crippen LogP contribution in [0.2, 0.25) is 0 Å². The summed E-state index contributed by atoms with van der Waals surface area (Å²) < 4.78 is 6.93.